The molecule has 0 saturated heterocycles. The zero-order valence-electron chi connectivity index (χ0n) is 8.40. The van der Waals surface area contributed by atoms with E-state index in [2.05, 4.69) is 4.98 Å². The van der Waals surface area contributed by atoms with Gasteiger partial charge in [0.15, 0.2) is 0 Å². The molecule has 1 heterocycles. The number of nitrogens with one attached hydrogen (secondary N) is 1. The molecular weight excluding hydrogens is 126 g/mol. The van der Waals surface area contributed by atoms with E-state index < -0.39 is 5.56 Å². The van der Waals surface area contributed by atoms with Gasteiger partial charge in [-0.2, -0.15) is 0 Å². The molecular formula is C8H9NO. The molecule has 1 aromatic rings. The highest BCUT2D eigenvalue weighted by Crippen LogP contribution is 2.38. The van der Waals surface area contributed by atoms with Gasteiger partial charge in [-0.15, -0.1) is 0 Å². The molecule has 0 unspecified atom stereocenters. The molecule has 52 valence electrons. The van der Waals surface area contributed by atoms with E-state index in [-0.39, 0.29) is 24.2 Å². The Bertz CT molecular complexity index is 409. The van der Waals surface area contributed by atoms with Crippen molar-refractivity contribution in [3.8, 4) is 0 Å². The molecule has 0 aromatic carbocycles. The highest BCUT2D eigenvalue weighted by molar-refractivity contribution is 5.20. The van der Waals surface area contributed by atoms with E-state index in [1.807, 2.05) is 0 Å². The van der Waals surface area contributed by atoms with E-state index in [9.17, 15) is 4.79 Å². The molecule has 0 bridgehead atoms. The third kappa shape index (κ3) is 0.967. The summed E-state index contributed by atoms with van der Waals surface area (Å²) in [5.41, 5.74) is -0.100. The number of H-pyrrole nitrogens is 1. The predicted octanol–water partition coefficient (Wildman–Crippen LogP) is 1.25. The fraction of sp³-hybridized carbons (Fsp3) is 0.375. The second-order valence-corrected chi connectivity index (χ2v) is 2.52. The van der Waals surface area contributed by atoms with E-state index in [0.717, 1.165) is 12.8 Å². The molecule has 0 radical (unpaired) electrons. The van der Waals surface area contributed by atoms with Crippen LogP contribution >= 0.6 is 0 Å². The van der Waals surface area contributed by atoms with Crippen LogP contribution in [0, 0.1) is 0 Å². The summed E-state index contributed by atoms with van der Waals surface area (Å²) in [5.74, 6) is 0.173. The zero-order valence-corrected chi connectivity index (χ0v) is 5.40. The molecule has 1 aliphatic carbocycles. The van der Waals surface area contributed by atoms with Gasteiger partial charge in [0.25, 0.3) is 0 Å². The normalized spacial score (nSPS) is 21.4. The van der Waals surface area contributed by atoms with Crippen LogP contribution in [0.15, 0.2) is 23.1 Å². The van der Waals surface area contributed by atoms with E-state index in [0.29, 0.717) is 5.56 Å². The molecule has 0 spiro atoms. The number of aromatic amines is 1. The van der Waals surface area contributed by atoms with Crippen LogP contribution in [0.4, 0.5) is 0 Å². The smallest absolute Gasteiger partial charge is 0.248 e. The molecule has 1 N–H and O–H groups in total. The maximum absolute atomic E-state index is 11.1. The summed E-state index contributed by atoms with van der Waals surface area (Å²) in [4.78, 5) is 13.3. The maximum Gasteiger partial charge on any atom is 0.248 e. The average molecular weight is 138 g/mol. The second kappa shape index (κ2) is 1.97. The van der Waals surface area contributed by atoms with Crippen molar-refractivity contribution >= 4 is 0 Å². The summed E-state index contributed by atoms with van der Waals surface area (Å²) in [6.45, 7) is 0. The minimum Gasteiger partial charge on any atom is -0.329 e. The first-order valence-electron chi connectivity index (χ1n) is 4.81. The van der Waals surface area contributed by atoms with Gasteiger partial charge in [0, 0.05) is 12.2 Å². The summed E-state index contributed by atoms with van der Waals surface area (Å²) in [5, 5.41) is 0. The van der Waals surface area contributed by atoms with Crippen molar-refractivity contribution in [3.05, 3.63) is 34.2 Å². The molecule has 1 aromatic heterocycles. The molecule has 2 heteroatoms. The van der Waals surface area contributed by atoms with Gasteiger partial charge in [0.1, 0.15) is 0 Å². The lowest BCUT2D eigenvalue weighted by Crippen LogP contribution is -2.02. The third-order valence-corrected chi connectivity index (χ3v) is 1.61. The van der Waals surface area contributed by atoms with E-state index in [4.69, 9.17) is 4.11 Å². The minimum atomic E-state index is -0.553. The Hall–Kier alpha value is -1.05. The number of hydrogen-bond donors (Lipinski definition) is 1. The Morgan fingerprint density at radius 2 is 2.50 bits per heavy atom. The largest absolute Gasteiger partial charge is 0.329 e. The average Bonchev–Trinajstić information content (AvgIpc) is 2.85. The van der Waals surface area contributed by atoms with E-state index in [1.165, 1.54) is 0 Å². The van der Waals surface area contributed by atoms with Crippen molar-refractivity contribution in [2.75, 3.05) is 0 Å². The summed E-state index contributed by atoms with van der Waals surface area (Å²) in [6.07, 6.45) is 1.68. The standard InChI is InChI=1S/C8H9NO/c10-8-5-7(3-4-9-8)6-1-2-6/h3-6H,1-2H2,(H,9,10)/i3D,4D,5D. The number of hydrogen-bond acceptors (Lipinski definition) is 1. The zero-order chi connectivity index (χ0) is 9.59. The third-order valence-electron chi connectivity index (χ3n) is 1.61. The van der Waals surface area contributed by atoms with Gasteiger partial charge in [0.05, 0.1) is 4.11 Å². The van der Waals surface area contributed by atoms with Crippen molar-refractivity contribution in [1.29, 1.82) is 0 Å². The lowest BCUT2D eigenvalue weighted by atomic mass is 10.2. The van der Waals surface area contributed by atoms with Gasteiger partial charge < -0.3 is 4.98 Å². The molecule has 0 aliphatic heterocycles. The number of pyridine rings is 1. The summed E-state index contributed by atoms with van der Waals surface area (Å²) < 4.78 is 22.3. The Kier molecular flexibility index (Phi) is 0.666. The Labute approximate surface area is 63.1 Å². The molecule has 2 nitrogen and oxygen atoms in total. The Balaban J connectivity index is 2.69. The highest BCUT2D eigenvalue weighted by atomic mass is 16.1. The van der Waals surface area contributed by atoms with Gasteiger partial charge in [0.2, 0.25) is 5.56 Å². The van der Waals surface area contributed by atoms with Crippen LogP contribution in [-0.4, -0.2) is 4.98 Å². The predicted molar refractivity (Wildman–Crippen MR) is 39.0 cm³/mol. The van der Waals surface area contributed by atoms with Crippen molar-refractivity contribution in [1.82, 2.24) is 4.98 Å². The van der Waals surface area contributed by atoms with Crippen molar-refractivity contribution in [2.45, 2.75) is 18.8 Å². The van der Waals surface area contributed by atoms with Gasteiger partial charge >= 0.3 is 0 Å². The summed E-state index contributed by atoms with van der Waals surface area (Å²) in [7, 11) is 0. The summed E-state index contributed by atoms with van der Waals surface area (Å²) >= 11 is 0. The van der Waals surface area contributed by atoms with E-state index in [1.54, 1.807) is 0 Å². The molecule has 0 amide bonds. The molecule has 10 heavy (non-hydrogen) atoms. The topological polar surface area (TPSA) is 32.9 Å². The molecule has 1 aliphatic rings. The SMILES string of the molecule is [2H]c1[nH]c(=O)c([2H])c(C2CC2)c1[2H]. The first-order chi connectivity index (χ1) is 6.11. The van der Waals surface area contributed by atoms with Crippen LogP contribution in [0.2, 0.25) is 0 Å². The van der Waals surface area contributed by atoms with Crippen LogP contribution in [0.5, 0.6) is 0 Å². The van der Waals surface area contributed by atoms with Crippen molar-refractivity contribution in [3.63, 3.8) is 0 Å². The van der Waals surface area contributed by atoms with Gasteiger partial charge in [-0.3, -0.25) is 4.79 Å². The second-order valence-electron chi connectivity index (χ2n) is 2.52. The van der Waals surface area contributed by atoms with Crippen LogP contribution in [-0.2, 0) is 0 Å². The molecule has 1 fully saturated rings. The minimum absolute atomic E-state index is 0.00657. The van der Waals surface area contributed by atoms with Crippen molar-refractivity contribution in [2.24, 2.45) is 0 Å². The summed E-state index contributed by atoms with van der Waals surface area (Å²) in [6, 6.07) is -0.129. The monoisotopic (exact) mass is 138 g/mol. The Morgan fingerprint density at radius 3 is 3.20 bits per heavy atom. The maximum atomic E-state index is 11.1. The van der Waals surface area contributed by atoms with Gasteiger partial charge in [-0.25, -0.2) is 0 Å². The lowest BCUT2D eigenvalue weighted by Gasteiger charge is -1.92. The number of aromatic nitrogens is 1. The fourth-order valence-electron chi connectivity index (χ4n) is 0.916. The first kappa shape index (κ1) is 3.37. The van der Waals surface area contributed by atoms with Gasteiger partial charge in [-0.1, -0.05) is 0 Å². The quantitative estimate of drug-likeness (QED) is 0.622. The van der Waals surface area contributed by atoms with Crippen LogP contribution in [0.1, 0.15) is 28.4 Å². The first-order valence-corrected chi connectivity index (χ1v) is 3.31. The molecule has 0 atom stereocenters. The van der Waals surface area contributed by atoms with Crippen LogP contribution < -0.4 is 5.56 Å². The van der Waals surface area contributed by atoms with Gasteiger partial charge in [-0.05, 0) is 30.4 Å². The number of rotatable bonds is 1. The Morgan fingerprint density at radius 1 is 1.70 bits per heavy atom. The van der Waals surface area contributed by atoms with Crippen LogP contribution in [0.25, 0.3) is 0 Å². The van der Waals surface area contributed by atoms with Crippen molar-refractivity contribution < 1.29 is 4.11 Å². The fourth-order valence-corrected chi connectivity index (χ4v) is 0.916. The molecule has 2 rings (SSSR count). The lowest BCUT2D eigenvalue weighted by molar-refractivity contribution is 1.09. The van der Waals surface area contributed by atoms with Crippen LogP contribution in [0.3, 0.4) is 0 Å². The van der Waals surface area contributed by atoms with E-state index >= 15 is 0 Å². The molecule has 1 saturated carbocycles. The highest BCUT2D eigenvalue weighted by Gasteiger charge is 2.23.